The van der Waals surface area contributed by atoms with Gasteiger partial charge in [-0.15, -0.1) is 0 Å². The Morgan fingerprint density at radius 3 is 2.76 bits per heavy atom. The quantitative estimate of drug-likeness (QED) is 0.192. The highest BCUT2D eigenvalue weighted by Gasteiger charge is 2.25. The minimum Gasteiger partial charge on any atom is -0.383 e. The maximum Gasteiger partial charge on any atom is 0.314 e. The van der Waals surface area contributed by atoms with E-state index < -0.39 is 17.6 Å². The Morgan fingerprint density at radius 1 is 1.24 bits per heavy atom. The average molecular weight is 612 g/mol. The molecule has 0 aliphatic rings. The van der Waals surface area contributed by atoms with Crippen LogP contribution >= 0.6 is 40.0 Å². The maximum atomic E-state index is 13.5. The van der Waals surface area contributed by atoms with Gasteiger partial charge in [0, 0.05) is 24.0 Å². The van der Waals surface area contributed by atoms with Gasteiger partial charge >= 0.3 is 11.8 Å². The summed E-state index contributed by atoms with van der Waals surface area (Å²) in [6, 6.07) is 9.12. The molecule has 0 bridgehead atoms. The number of nitrogens with two attached hydrogens (primary N) is 1. The van der Waals surface area contributed by atoms with E-state index in [1.165, 1.54) is 23.2 Å². The number of nitrogens with zero attached hydrogens (tertiary/aromatic N) is 5. The molecule has 0 aliphatic heterocycles. The van der Waals surface area contributed by atoms with Gasteiger partial charge in [0.15, 0.2) is 0 Å². The number of anilines is 2. The molecule has 0 saturated heterocycles. The van der Waals surface area contributed by atoms with Crippen molar-refractivity contribution in [2.75, 3.05) is 11.1 Å². The zero-order chi connectivity index (χ0) is 24.2. The summed E-state index contributed by atoms with van der Waals surface area (Å²) in [5.41, 5.74) is 7.67. The number of pyridine rings is 2. The van der Waals surface area contributed by atoms with E-state index in [-0.39, 0.29) is 29.6 Å². The van der Waals surface area contributed by atoms with Crippen LogP contribution in [0.2, 0.25) is 5.02 Å². The lowest BCUT2D eigenvalue weighted by Gasteiger charge is -2.22. The first-order valence-electron chi connectivity index (χ1n) is 9.80. The van der Waals surface area contributed by atoms with Gasteiger partial charge in [0.1, 0.15) is 17.2 Å². The van der Waals surface area contributed by atoms with Crippen LogP contribution in [0.3, 0.4) is 0 Å². The fraction of sp³-hybridized carbons (Fsp3) is 0.0952. The van der Waals surface area contributed by atoms with Gasteiger partial charge in [-0.3, -0.25) is 14.6 Å². The zero-order valence-corrected chi connectivity index (χ0v) is 21.3. The summed E-state index contributed by atoms with van der Waals surface area (Å²) in [4.78, 5) is 35.8. The predicted octanol–water partition coefficient (Wildman–Crippen LogP) is 4.16. The van der Waals surface area contributed by atoms with Crippen LogP contribution in [0.1, 0.15) is 11.3 Å². The lowest BCUT2D eigenvalue weighted by Crippen LogP contribution is -2.39. The van der Waals surface area contributed by atoms with Crippen LogP contribution in [0.25, 0.3) is 10.9 Å². The van der Waals surface area contributed by atoms with E-state index in [2.05, 4.69) is 42.4 Å². The molecule has 34 heavy (non-hydrogen) atoms. The number of aromatic nitrogens is 4. The highest BCUT2D eigenvalue weighted by atomic mass is 127. The number of benzene rings is 1. The monoisotopic (exact) mass is 611 g/mol. The molecule has 3 heterocycles. The SMILES string of the molecule is Nc1ncc(NC(=O)C(=O)N(Cc2ccccn2)Cc2ccc(F)cc2Cl)c2nn(PI)cc12. The fourth-order valence-corrected chi connectivity index (χ4v) is 4.51. The average Bonchev–Trinajstić information content (AvgIpc) is 3.28. The molecule has 0 saturated carbocycles. The third-order valence-corrected chi connectivity index (χ3v) is 7.09. The van der Waals surface area contributed by atoms with Crippen LogP contribution in [0.15, 0.2) is 55.0 Å². The molecule has 1 aromatic carbocycles. The highest BCUT2D eigenvalue weighted by molar-refractivity contribution is 14.2. The molecular weight excluding hydrogens is 595 g/mol. The second kappa shape index (κ2) is 10.6. The molecule has 0 spiro atoms. The maximum absolute atomic E-state index is 13.5. The fourth-order valence-electron chi connectivity index (χ4n) is 3.22. The lowest BCUT2D eigenvalue weighted by molar-refractivity contribution is -0.144. The number of amides is 2. The van der Waals surface area contributed by atoms with Gasteiger partial charge in [-0.05, 0) is 51.9 Å². The van der Waals surface area contributed by atoms with E-state index in [0.29, 0.717) is 28.5 Å². The molecular formula is C21H17ClFIN7O2P. The number of fused-ring (bicyclic) bond motifs is 1. The van der Waals surface area contributed by atoms with E-state index in [4.69, 9.17) is 17.3 Å². The van der Waals surface area contributed by atoms with E-state index in [1.807, 2.05) is 0 Å². The first-order valence-corrected chi connectivity index (χ1v) is 14.2. The van der Waals surface area contributed by atoms with E-state index >= 15 is 0 Å². The van der Waals surface area contributed by atoms with E-state index in [9.17, 15) is 14.0 Å². The molecule has 4 aromatic rings. The van der Waals surface area contributed by atoms with Gasteiger partial charge in [0.2, 0.25) is 0 Å². The minimum atomic E-state index is -0.895. The Bertz CT molecular complexity index is 1370. The minimum absolute atomic E-state index is 0.0259. The predicted molar refractivity (Wildman–Crippen MR) is 138 cm³/mol. The van der Waals surface area contributed by atoms with Gasteiger partial charge < -0.3 is 16.0 Å². The Hall–Kier alpha value is -2.89. The summed E-state index contributed by atoms with van der Waals surface area (Å²) in [6.45, 7) is 0.0166. The standard InChI is InChI=1S/C21H17ClFIN7O2P/c22-16-7-13(23)5-4-12(16)9-30(10-14-3-1-2-6-26-14)21(33)20(32)28-17-8-27-19(25)15-11-31(34-24)29-18(15)17/h1-8,11,34H,9-10H2,(H2,25,27)(H,28,32). The van der Waals surface area contributed by atoms with Gasteiger partial charge in [0.25, 0.3) is 0 Å². The Kier molecular flexibility index (Phi) is 7.54. The van der Waals surface area contributed by atoms with Gasteiger partial charge in [-0.1, -0.05) is 23.7 Å². The van der Waals surface area contributed by atoms with Crippen LogP contribution < -0.4 is 11.1 Å². The molecule has 0 fully saturated rings. The largest absolute Gasteiger partial charge is 0.383 e. The molecule has 9 nitrogen and oxygen atoms in total. The van der Waals surface area contributed by atoms with Crippen molar-refractivity contribution in [3.8, 4) is 0 Å². The van der Waals surface area contributed by atoms with Crippen LogP contribution in [-0.2, 0) is 22.7 Å². The van der Waals surface area contributed by atoms with Crippen LogP contribution in [0.5, 0.6) is 0 Å². The Labute approximate surface area is 213 Å². The van der Waals surface area contributed by atoms with Crippen molar-refractivity contribution in [2.24, 2.45) is 0 Å². The van der Waals surface area contributed by atoms with Crippen molar-refractivity contribution in [3.63, 3.8) is 0 Å². The molecule has 3 aromatic heterocycles. The molecule has 13 heteroatoms. The van der Waals surface area contributed by atoms with Crippen molar-refractivity contribution in [1.82, 2.24) is 24.4 Å². The van der Waals surface area contributed by atoms with Gasteiger partial charge in [-0.2, -0.15) is 5.10 Å². The summed E-state index contributed by atoms with van der Waals surface area (Å²) < 4.78 is 15.2. The highest BCUT2D eigenvalue weighted by Crippen LogP contribution is 2.31. The Morgan fingerprint density at radius 2 is 2.06 bits per heavy atom. The zero-order valence-electron chi connectivity index (χ0n) is 17.4. The van der Waals surface area contributed by atoms with Crippen molar-refractivity contribution in [1.29, 1.82) is 0 Å². The number of nitrogens with one attached hydrogen (secondary N) is 1. The molecule has 0 aliphatic carbocycles. The molecule has 0 radical (unpaired) electrons. The summed E-state index contributed by atoms with van der Waals surface area (Å²) in [6.07, 6.45) is 4.99. The number of rotatable bonds is 6. The number of carbonyl (C=O) groups excluding carboxylic acids is 2. The third-order valence-electron chi connectivity index (χ3n) is 4.85. The lowest BCUT2D eigenvalue weighted by atomic mass is 10.2. The number of nitrogen functional groups attached to an aromatic ring is 1. The van der Waals surface area contributed by atoms with Crippen molar-refractivity contribution in [3.05, 3.63) is 77.1 Å². The molecule has 174 valence electrons. The van der Waals surface area contributed by atoms with E-state index in [1.54, 1.807) is 35.0 Å². The Balaban J connectivity index is 1.61. The molecule has 1 atom stereocenters. The topological polar surface area (TPSA) is 119 Å². The normalized spacial score (nSPS) is 11.3. The molecule has 4 rings (SSSR count). The van der Waals surface area contributed by atoms with Crippen molar-refractivity contribution >= 4 is 74.2 Å². The van der Waals surface area contributed by atoms with Crippen LogP contribution in [0, 0.1) is 5.82 Å². The summed E-state index contributed by atoms with van der Waals surface area (Å²) in [5.74, 6) is -1.96. The number of hydrogen-bond donors (Lipinski definition) is 2. The summed E-state index contributed by atoms with van der Waals surface area (Å²) >= 11 is 8.32. The summed E-state index contributed by atoms with van der Waals surface area (Å²) in [7, 11) is 0. The van der Waals surface area contributed by atoms with Crippen molar-refractivity contribution in [2.45, 2.75) is 13.1 Å². The first-order chi connectivity index (χ1) is 16.4. The molecule has 2 amide bonds. The van der Waals surface area contributed by atoms with E-state index in [0.717, 1.165) is 6.07 Å². The van der Waals surface area contributed by atoms with Crippen LogP contribution in [0.4, 0.5) is 15.9 Å². The molecule has 3 N–H and O–H groups in total. The number of halogens is 3. The smallest absolute Gasteiger partial charge is 0.314 e. The summed E-state index contributed by atoms with van der Waals surface area (Å²) in [5, 5.41) is 7.71. The first kappa shape index (κ1) is 24.2. The van der Waals surface area contributed by atoms with Gasteiger partial charge in [0.05, 0.1) is 35.9 Å². The third kappa shape index (κ3) is 5.43. The van der Waals surface area contributed by atoms with Crippen molar-refractivity contribution < 1.29 is 14.0 Å². The van der Waals surface area contributed by atoms with Gasteiger partial charge in [-0.25, -0.2) is 13.8 Å². The van der Waals surface area contributed by atoms with Crippen LogP contribution in [-0.4, -0.2) is 36.2 Å². The number of carbonyl (C=O) groups is 2. The second-order valence-corrected chi connectivity index (χ2v) is 9.63. The number of hydrogen-bond acceptors (Lipinski definition) is 6. The molecule has 1 unspecified atom stereocenters. The second-order valence-electron chi connectivity index (χ2n) is 7.15.